The minimum Gasteiger partial charge on any atom is -0.394 e. The lowest BCUT2D eigenvalue weighted by atomic mass is 10.1. The maximum Gasteiger partial charge on any atom is 0.224 e. The molecule has 94 valence electrons. The predicted molar refractivity (Wildman–Crippen MR) is 74.6 cm³/mol. The van der Waals surface area contributed by atoms with E-state index in [1.54, 1.807) is 6.20 Å². The van der Waals surface area contributed by atoms with Gasteiger partial charge < -0.3 is 10.4 Å². The fourth-order valence-corrected chi connectivity index (χ4v) is 1.97. The summed E-state index contributed by atoms with van der Waals surface area (Å²) in [6, 6.07) is 9.39. The van der Waals surface area contributed by atoms with E-state index in [2.05, 4.69) is 31.2 Å². The third-order valence-corrected chi connectivity index (χ3v) is 3.17. The van der Waals surface area contributed by atoms with Crippen LogP contribution in [0.5, 0.6) is 0 Å². The predicted octanol–water partition coefficient (Wildman–Crippen LogP) is 3.04. The highest BCUT2D eigenvalue weighted by Gasteiger charge is 2.13. The van der Waals surface area contributed by atoms with Crippen LogP contribution in [0.1, 0.15) is 11.6 Å². The van der Waals surface area contributed by atoms with Gasteiger partial charge in [-0.05, 0) is 33.1 Å². The second kappa shape index (κ2) is 6.13. The summed E-state index contributed by atoms with van der Waals surface area (Å²) in [5.41, 5.74) is 0.974. The van der Waals surface area contributed by atoms with E-state index in [0.717, 1.165) is 5.56 Å². The molecule has 1 heterocycles. The average molecular weight is 329 g/mol. The van der Waals surface area contributed by atoms with E-state index in [0.29, 0.717) is 10.3 Å². The van der Waals surface area contributed by atoms with E-state index in [-0.39, 0.29) is 17.9 Å². The first kappa shape index (κ1) is 13.3. The van der Waals surface area contributed by atoms with Gasteiger partial charge in [-0.25, -0.2) is 4.98 Å². The van der Waals surface area contributed by atoms with E-state index in [1.807, 2.05) is 30.3 Å². The van der Waals surface area contributed by atoms with E-state index in [4.69, 9.17) is 11.6 Å². The molecule has 2 rings (SSSR count). The van der Waals surface area contributed by atoms with Gasteiger partial charge in [-0.1, -0.05) is 30.3 Å². The zero-order chi connectivity index (χ0) is 13.0. The summed E-state index contributed by atoms with van der Waals surface area (Å²) in [7, 11) is 0. The molecule has 1 atom stereocenters. The van der Waals surface area contributed by atoms with Crippen molar-refractivity contribution in [2.45, 2.75) is 6.04 Å². The highest BCUT2D eigenvalue weighted by Crippen LogP contribution is 2.25. The smallest absolute Gasteiger partial charge is 0.224 e. The zero-order valence-electron chi connectivity index (χ0n) is 9.35. The quantitative estimate of drug-likeness (QED) is 0.847. The number of halogens is 2. The number of nitrogens with one attached hydrogen (secondary N) is 1. The second-order valence-electron chi connectivity index (χ2n) is 3.63. The third kappa shape index (κ3) is 3.19. The van der Waals surface area contributed by atoms with Crippen LogP contribution in [0.15, 0.2) is 41.0 Å². The molecule has 0 spiro atoms. The standard InChI is InChI=1S/C12H11BrClN3O/c13-9-6-15-12(14)17-11(9)16-10(7-18)8-4-2-1-3-5-8/h1-6,10,18H,7H2,(H,15,16,17)/t10-/m1/s1. The molecule has 0 fully saturated rings. The molecule has 4 nitrogen and oxygen atoms in total. The van der Waals surface area contributed by atoms with Gasteiger partial charge in [-0.3, -0.25) is 0 Å². The second-order valence-corrected chi connectivity index (χ2v) is 4.82. The Kier molecular flexibility index (Phi) is 4.52. The fourth-order valence-electron chi connectivity index (χ4n) is 1.53. The largest absolute Gasteiger partial charge is 0.394 e. The van der Waals surface area contributed by atoms with Gasteiger partial charge in [-0.2, -0.15) is 4.98 Å². The lowest BCUT2D eigenvalue weighted by molar-refractivity contribution is 0.276. The van der Waals surface area contributed by atoms with Crippen LogP contribution < -0.4 is 5.32 Å². The van der Waals surface area contributed by atoms with Crippen molar-refractivity contribution >= 4 is 33.3 Å². The number of rotatable bonds is 4. The number of hydrogen-bond acceptors (Lipinski definition) is 4. The summed E-state index contributed by atoms with van der Waals surface area (Å²) in [6.45, 7) is -0.0436. The molecule has 2 N–H and O–H groups in total. The minimum absolute atomic E-state index is 0.0436. The maximum atomic E-state index is 9.45. The molecule has 0 amide bonds. The third-order valence-electron chi connectivity index (χ3n) is 2.41. The first-order chi connectivity index (χ1) is 8.70. The number of aliphatic hydroxyl groups excluding tert-OH is 1. The van der Waals surface area contributed by atoms with Crippen molar-refractivity contribution in [3.05, 3.63) is 51.8 Å². The number of anilines is 1. The topological polar surface area (TPSA) is 58.0 Å². The number of benzene rings is 1. The minimum atomic E-state index is -0.242. The molecule has 0 aliphatic rings. The molecule has 0 saturated heterocycles. The van der Waals surface area contributed by atoms with Crippen molar-refractivity contribution < 1.29 is 5.11 Å². The average Bonchev–Trinajstić information content (AvgIpc) is 2.41. The summed E-state index contributed by atoms with van der Waals surface area (Å²) in [4.78, 5) is 7.92. The lowest BCUT2D eigenvalue weighted by Gasteiger charge is -2.18. The molecule has 0 radical (unpaired) electrons. The van der Waals surface area contributed by atoms with E-state index in [1.165, 1.54) is 0 Å². The summed E-state index contributed by atoms with van der Waals surface area (Å²) < 4.78 is 0.696. The number of aliphatic hydroxyl groups is 1. The van der Waals surface area contributed by atoms with Crippen LogP contribution in [0, 0.1) is 0 Å². The molecule has 6 heteroatoms. The SMILES string of the molecule is OC[C@@H](Nc1nc(Cl)ncc1Br)c1ccccc1. The number of nitrogens with zero attached hydrogens (tertiary/aromatic N) is 2. The molecule has 0 unspecified atom stereocenters. The number of aromatic nitrogens is 2. The van der Waals surface area contributed by atoms with Crippen molar-refractivity contribution in [2.75, 3.05) is 11.9 Å². The van der Waals surface area contributed by atoms with Crippen LogP contribution in [-0.4, -0.2) is 21.7 Å². The lowest BCUT2D eigenvalue weighted by Crippen LogP contribution is -2.16. The molecule has 0 aliphatic heterocycles. The van der Waals surface area contributed by atoms with Gasteiger partial charge in [0.25, 0.3) is 0 Å². The molecule has 1 aromatic heterocycles. The van der Waals surface area contributed by atoms with E-state index in [9.17, 15) is 5.11 Å². The van der Waals surface area contributed by atoms with Gasteiger partial charge in [0.15, 0.2) is 0 Å². The number of hydrogen-bond donors (Lipinski definition) is 2. The van der Waals surface area contributed by atoms with Crippen LogP contribution in [0.2, 0.25) is 5.28 Å². The highest BCUT2D eigenvalue weighted by atomic mass is 79.9. The fraction of sp³-hybridized carbons (Fsp3) is 0.167. The Balaban J connectivity index is 2.23. The van der Waals surface area contributed by atoms with Crippen LogP contribution in [0.4, 0.5) is 5.82 Å². The van der Waals surface area contributed by atoms with Gasteiger partial charge in [0.2, 0.25) is 5.28 Å². The van der Waals surface area contributed by atoms with Crippen molar-refractivity contribution in [3.8, 4) is 0 Å². The molecular formula is C12H11BrClN3O. The van der Waals surface area contributed by atoms with Crippen LogP contribution in [0.3, 0.4) is 0 Å². The molecular weight excluding hydrogens is 318 g/mol. The Labute approximate surface area is 118 Å². The van der Waals surface area contributed by atoms with Gasteiger partial charge in [-0.15, -0.1) is 0 Å². The van der Waals surface area contributed by atoms with Gasteiger partial charge >= 0.3 is 0 Å². The Morgan fingerprint density at radius 3 is 2.72 bits per heavy atom. The van der Waals surface area contributed by atoms with E-state index >= 15 is 0 Å². The Morgan fingerprint density at radius 2 is 2.06 bits per heavy atom. The van der Waals surface area contributed by atoms with Gasteiger partial charge in [0, 0.05) is 6.20 Å². The van der Waals surface area contributed by atoms with Crippen LogP contribution in [0.25, 0.3) is 0 Å². The Bertz CT molecular complexity index is 524. The van der Waals surface area contributed by atoms with Gasteiger partial charge in [0.05, 0.1) is 17.1 Å². The first-order valence-electron chi connectivity index (χ1n) is 5.31. The Hall–Kier alpha value is -1.17. The maximum absolute atomic E-state index is 9.45. The molecule has 1 aromatic carbocycles. The summed E-state index contributed by atoms with van der Waals surface area (Å²) in [5, 5.41) is 12.7. The molecule has 0 bridgehead atoms. The highest BCUT2D eigenvalue weighted by molar-refractivity contribution is 9.10. The van der Waals surface area contributed by atoms with Crippen molar-refractivity contribution in [2.24, 2.45) is 0 Å². The monoisotopic (exact) mass is 327 g/mol. The summed E-state index contributed by atoms with van der Waals surface area (Å²) >= 11 is 9.08. The molecule has 18 heavy (non-hydrogen) atoms. The van der Waals surface area contributed by atoms with Gasteiger partial charge in [0.1, 0.15) is 5.82 Å². The van der Waals surface area contributed by atoms with Crippen molar-refractivity contribution in [1.82, 2.24) is 9.97 Å². The Morgan fingerprint density at radius 1 is 1.33 bits per heavy atom. The first-order valence-corrected chi connectivity index (χ1v) is 6.48. The molecule has 0 aliphatic carbocycles. The van der Waals surface area contributed by atoms with Crippen molar-refractivity contribution in [3.63, 3.8) is 0 Å². The normalized spacial score (nSPS) is 12.2. The van der Waals surface area contributed by atoms with Crippen LogP contribution in [-0.2, 0) is 0 Å². The zero-order valence-corrected chi connectivity index (χ0v) is 11.7. The van der Waals surface area contributed by atoms with Crippen LogP contribution >= 0.6 is 27.5 Å². The van der Waals surface area contributed by atoms with E-state index < -0.39 is 0 Å². The molecule has 0 saturated carbocycles. The summed E-state index contributed by atoms with van der Waals surface area (Å²) in [5.74, 6) is 0.554. The van der Waals surface area contributed by atoms with Crippen molar-refractivity contribution in [1.29, 1.82) is 0 Å². The molecule has 2 aromatic rings. The summed E-state index contributed by atoms with van der Waals surface area (Å²) in [6.07, 6.45) is 1.57.